The van der Waals surface area contributed by atoms with Crippen LogP contribution >= 0.6 is 11.3 Å². The van der Waals surface area contributed by atoms with Gasteiger partial charge in [-0.2, -0.15) is 0 Å². The summed E-state index contributed by atoms with van der Waals surface area (Å²) in [7, 11) is 0. The van der Waals surface area contributed by atoms with E-state index < -0.39 is 0 Å². The Morgan fingerprint density at radius 1 is 0.407 bits per heavy atom. The Labute approximate surface area is 314 Å². The highest BCUT2D eigenvalue weighted by molar-refractivity contribution is 7.26. The van der Waals surface area contributed by atoms with E-state index in [1.807, 2.05) is 36.4 Å². The van der Waals surface area contributed by atoms with E-state index in [0.29, 0.717) is 5.82 Å². The van der Waals surface area contributed by atoms with Crippen LogP contribution in [0.3, 0.4) is 0 Å². The van der Waals surface area contributed by atoms with Crippen LogP contribution in [0.2, 0.25) is 0 Å². The summed E-state index contributed by atoms with van der Waals surface area (Å²) < 4.78 is 8.65. The number of nitrogens with zero attached hydrogens (tertiary/aromatic N) is 3. The molecule has 4 nitrogen and oxygen atoms in total. The Balaban J connectivity index is 1.01. The predicted molar refractivity (Wildman–Crippen MR) is 225 cm³/mol. The van der Waals surface area contributed by atoms with Crippen molar-refractivity contribution in [3.8, 4) is 56.3 Å². The van der Waals surface area contributed by atoms with Crippen LogP contribution in [0.25, 0.3) is 109 Å². The number of hydrogen-bond donors (Lipinski definition) is 0. The summed E-state index contributed by atoms with van der Waals surface area (Å²) in [5.41, 5.74) is 11.9. The highest BCUT2D eigenvalue weighted by Crippen LogP contribution is 2.43. The van der Waals surface area contributed by atoms with E-state index in [9.17, 15) is 0 Å². The van der Waals surface area contributed by atoms with Crippen molar-refractivity contribution in [2.45, 2.75) is 0 Å². The first-order chi connectivity index (χ1) is 26.7. The molecule has 0 unspecified atom stereocenters. The van der Waals surface area contributed by atoms with Crippen LogP contribution in [0.4, 0.5) is 0 Å². The average Bonchev–Trinajstić information content (AvgIpc) is 3.83. The van der Waals surface area contributed by atoms with Crippen molar-refractivity contribution in [2.75, 3.05) is 0 Å². The molecule has 0 N–H and O–H groups in total. The molecule has 4 heterocycles. The van der Waals surface area contributed by atoms with Crippen molar-refractivity contribution in [3.63, 3.8) is 0 Å². The van der Waals surface area contributed by atoms with Gasteiger partial charge in [0, 0.05) is 53.9 Å². The highest BCUT2D eigenvalue weighted by Gasteiger charge is 2.17. The van der Waals surface area contributed by atoms with Gasteiger partial charge in [-0.25, -0.2) is 15.0 Å². The summed E-state index contributed by atoms with van der Waals surface area (Å²) in [6.45, 7) is 0. The molecule has 252 valence electrons. The van der Waals surface area contributed by atoms with Gasteiger partial charge in [0.1, 0.15) is 11.2 Å². The molecule has 0 atom stereocenters. The molecule has 0 aliphatic rings. The van der Waals surface area contributed by atoms with Crippen molar-refractivity contribution in [1.82, 2.24) is 15.0 Å². The first-order valence-corrected chi connectivity index (χ1v) is 18.8. The first kappa shape index (κ1) is 30.7. The number of aromatic nitrogens is 3. The zero-order valence-corrected chi connectivity index (χ0v) is 29.7. The van der Waals surface area contributed by atoms with E-state index in [1.165, 1.54) is 25.6 Å². The van der Waals surface area contributed by atoms with Crippen LogP contribution in [0, 0.1) is 0 Å². The van der Waals surface area contributed by atoms with Crippen molar-refractivity contribution in [1.29, 1.82) is 0 Å². The standard InChI is InChI=1S/C49H29N3OS/c1-2-11-31(12-3-1)40-29-41(32-23-21-30(22-24-32)35-16-10-19-43-45(35)37-14-5-8-18-42(37)53-43)52-49(51-40)34-27-25-33(26-28-34)47-48-46(36-13-4-7-17-39(36)50-47)38-15-6-9-20-44(38)54-48/h1-29H. The Kier molecular flexibility index (Phi) is 7.00. The molecule has 54 heavy (non-hydrogen) atoms. The fourth-order valence-corrected chi connectivity index (χ4v) is 8.95. The Morgan fingerprint density at radius 2 is 1.02 bits per heavy atom. The maximum absolute atomic E-state index is 6.18. The first-order valence-electron chi connectivity index (χ1n) is 18.0. The lowest BCUT2D eigenvalue weighted by atomic mass is 9.97. The Bertz CT molecular complexity index is 3200. The summed E-state index contributed by atoms with van der Waals surface area (Å²) in [5, 5.41) is 5.98. The van der Waals surface area contributed by atoms with Gasteiger partial charge in [0.2, 0.25) is 0 Å². The van der Waals surface area contributed by atoms with E-state index in [1.54, 1.807) is 11.3 Å². The van der Waals surface area contributed by atoms with Gasteiger partial charge in [0.05, 0.1) is 27.3 Å². The quantitative estimate of drug-likeness (QED) is 0.179. The maximum atomic E-state index is 6.18. The van der Waals surface area contributed by atoms with Gasteiger partial charge in [0.25, 0.3) is 0 Å². The third-order valence-electron chi connectivity index (χ3n) is 10.3. The summed E-state index contributed by atoms with van der Waals surface area (Å²) in [6, 6.07) is 61.2. The van der Waals surface area contributed by atoms with Gasteiger partial charge >= 0.3 is 0 Å². The second-order valence-electron chi connectivity index (χ2n) is 13.5. The second-order valence-corrected chi connectivity index (χ2v) is 14.6. The molecule has 5 heteroatoms. The minimum Gasteiger partial charge on any atom is -0.456 e. The van der Waals surface area contributed by atoms with Gasteiger partial charge < -0.3 is 4.42 Å². The lowest BCUT2D eigenvalue weighted by molar-refractivity contribution is 0.669. The molecule has 7 aromatic carbocycles. The maximum Gasteiger partial charge on any atom is 0.160 e. The third-order valence-corrected chi connectivity index (χ3v) is 11.5. The zero-order chi connectivity index (χ0) is 35.6. The molecule has 0 amide bonds. The summed E-state index contributed by atoms with van der Waals surface area (Å²) >= 11 is 1.81. The molecule has 0 spiro atoms. The minimum atomic E-state index is 0.676. The molecular formula is C49H29N3OS. The number of fused-ring (bicyclic) bond motifs is 8. The SMILES string of the molecule is c1ccc(-c2cc(-c3ccc(-c4cccc5oc6ccccc6c45)cc3)nc(-c3ccc(-c4nc5ccccc5c5c4sc4ccccc45)cc3)n2)cc1. The average molecular weight is 708 g/mol. The third kappa shape index (κ3) is 5.01. The van der Waals surface area contributed by atoms with Gasteiger partial charge in [-0.3, -0.25) is 0 Å². The second kappa shape index (κ2) is 12.3. The highest BCUT2D eigenvalue weighted by atomic mass is 32.1. The monoisotopic (exact) mass is 707 g/mol. The summed E-state index contributed by atoms with van der Waals surface area (Å²) in [4.78, 5) is 15.5. The van der Waals surface area contributed by atoms with Crippen molar-refractivity contribution in [2.24, 2.45) is 0 Å². The molecule has 0 aliphatic carbocycles. The van der Waals surface area contributed by atoms with E-state index in [-0.39, 0.29) is 0 Å². The number of thiophene rings is 1. The zero-order valence-electron chi connectivity index (χ0n) is 28.9. The van der Waals surface area contributed by atoms with Gasteiger partial charge in [-0.05, 0) is 41.5 Å². The fourth-order valence-electron chi connectivity index (χ4n) is 7.72. The van der Waals surface area contributed by atoms with Crippen LogP contribution < -0.4 is 0 Å². The number of hydrogen-bond acceptors (Lipinski definition) is 5. The molecule has 0 fully saturated rings. The molecule has 11 aromatic rings. The van der Waals surface area contributed by atoms with Crippen LogP contribution in [0.15, 0.2) is 180 Å². The number of para-hydroxylation sites is 2. The normalized spacial score (nSPS) is 11.7. The van der Waals surface area contributed by atoms with E-state index in [2.05, 4.69) is 140 Å². The molecular weight excluding hydrogens is 679 g/mol. The lowest BCUT2D eigenvalue weighted by Gasteiger charge is -2.11. The lowest BCUT2D eigenvalue weighted by Crippen LogP contribution is -1.96. The summed E-state index contributed by atoms with van der Waals surface area (Å²) in [6.07, 6.45) is 0. The number of rotatable bonds is 5. The molecule has 0 saturated carbocycles. The molecule has 0 bridgehead atoms. The summed E-state index contributed by atoms with van der Waals surface area (Å²) in [5.74, 6) is 0.676. The van der Waals surface area contributed by atoms with Gasteiger partial charge in [0.15, 0.2) is 5.82 Å². The minimum absolute atomic E-state index is 0.676. The van der Waals surface area contributed by atoms with Crippen molar-refractivity contribution < 1.29 is 4.42 Å². The van der Waals surface area contributed by atoms with Gasteiger partial charge in [-0.15, -0.1) is 11.3 Å². The number of pyridine rings is 1. The molecule has 0 radical (unpaired) electrons. The topological polar surface area (TPSA) is 51.8 Å². The van der Waals surface area contributed by atoms with Crippen LogP contribution in [-0.4, -0.2) is 15.0 Å². The molecule has 0 aliphatic heterocycles. The van der Waals surface area contributed by atoms with Crippen LogP contribution in [0.5, 0.6) is 0 Å². The predicted octanol–water partition coefficient (Wildman–Crippen LogP) is 13.6. The van der Waals surface area contributed by atoms with E-state index >= 15 is 0 Å². The Morgan fingerprint density at radius 3 is 1.83 bits per heavy atom. The number of furan rings is 1. The molecule has 4 aromatic heterocycles. The van der Waals surface area contributed by atoms with Crippen molar-refractivity contribution in [3.05, 3.63) is 176 Å². The molecule has 0 saturated heterocycles. The van der Waals surface area contributed by atoms with Crippen molar-refractivity contribution >= 4 is 64.4 Å². The van der Waals surface area contributed by atoms with Crippen LogP contribution in [0.1, 0.15) is 0 Å². The van der Waals surface area contributed by atoms with E-state index in [0.717, 1.165) is 77.9 Å². The van der Waals surface area contributed by atoms with Crippen LogP contribution in [-0.2, 0) is 0 Å². The fraction of sp³-hybridized carbons (Fsp3) is 0. The number of benzene rings is 7. The Hall–Kier alpha value is -6.95. The smallest absolute Gasteiger partial charge is 0.160 e. The van der Waals surface area contributed by atoms with E-state index in [4.69, 9.17) is 19.4 Å². The largest absolute Gasteiger partial charge is 0.456 e. The molecule has 11 rings (SSSR count). The van der Waals surface area contributed by atoms with Gasteiger partial charge in [-0.1, -0.05) is 146 Å².